The number of halogens is 2. The molecule has 2 aliphatic carbocycles. The van der Waals surface area contributed by atoms with Crippen LogP contribution in [0.4, 0.5) is 4.39 Å². The van der Waals surface area contributed by atoms with Crippen LogP contribution in [-0.4, -0.2) is 105 Å². The van der Waals surface area contributed by atoms with Gasteiger partial charge in [-0.3, -0.25) is 19.4 Å². The fourth-order valence-corrected chi connectivity index (χ4v) is 9.20. The van der Waals surface area contributed by atoms with Crippen molar-refractivity contribution >= 4 is 45.2 Å². The normalized spacial score (nSPS) is 19.3. The Morgan fingerprint density at radius 1 is 0.660 bits per heavy atom. The summed E-state index contributed by atoms with van der Waals surface area (Å²) in [5, 5.41) is 2.55. The van der Waals surface area contributed by atoms with Crippen LogP contribution in [0.3, 0.4) is 0 Å². The van der Waals surface area contributed by atoms with Gasteiger partial charge in [0.05, 0.1) is 0 Å². The number of piperazine rings is 2. The van der Waals surface area contributed by atoms with Gasteiger partial charge in [-0.25, -0.2) is 4.39 Å². The quantitative estimate of drug-likeness (QED) is 0.192. The molecule has 3 aromatic carbocycles. The van der Waals surface area contributed by atoms with Crippen LogP contribution in [0.25, 0.3) is 21.8 Å². The molecule has 0 atom stereocenters. The molecule has 1 N–H and O–H groups in total. The van der Waals surface area contributed by atoms with E-state index in [2.05, 4.69) is 19.4 Å². The summed E-state index contributed by atoms with van der Waals surface area (Å²) in [7, 11) is 0. The summed E-state index contributed by atoms with van der Waals surface area (Å²) in [6, 6.07) is 21.8. The summed E-state index contributed by atoms with van der Waals surface area (Å²) in [5.74, 6) is -0.0465. The van der Waals surface area contributed by atoms with E-state index in [-0.39, 0.29) is 17.6 Å². The van der Waals surface area contributed by atoms with Crippen molar-refractivity contribution in [1.82, 2.24) is 29.2 Å². The van der Waals surface area contributed by atoms with Gasteiger partial charge >= 0.3 is 0 Å². The number of rotatable bonds is 6. The Morgan fingerprint density at radius 3 is 1.81 bits per heavy atom. The molecule has 4 fully saturated rings. The Balaban J connectivity index is 0.000000160. The molecule has 2 aromatic heterocycles. The lowest BCUT2D eigenvalue weighted by molar-refractivity contribution is 0.0568. The minimum Gasteiger partial charge on any atom is -0.361 e. The molecule has 278 valence electrons. The Hall–Kier alpha value is -4.18. The van der Waals surface area contributed by atoms with Crippen LogP contribution in [0.2, 0.25) is 5.02 Å². The average molecular weight is 737 g/mol. The molecule has 0 spiro atoms. The van der Waals surface area contributed by atoms with Gasteiger partial charge in [0.2, 0.25) is 0 Å². The third-order valence-electron chi connectivity index (χ3n) is 12.1. The van der Waals surface area contributed by atoms with E-state index in [0.717, 1.165) is 103 Å². The van der Waals surface area contributed by atoms with Crippen molar-refractivity contribution in [2.75, 3.05) is 52.4 Å². The van der Waals surface area contributed by atoms with E-state index >= 15 is 0 Å². The Morgan fingerprint density at radius 2 is 1.23 bits per heavy atom. The molecule has 2 saturated heterocycles. The van der Waals surface area contributed by atoms with Gasteiger partial charge in [-0.2, -0.15) is 0 Å². The van der Waals surface area contributed by atoms with Crippen molar-refractivity contribution in [1.29, 1.82) is 0 Å². The van der Waals surface area contributed by atoms with Crippen molar-refractivity contribution in [2.45, 2.75) is 70.0 Å². The minimum absolute atomic E-state index is 0.113. The minimum atomic E-state index is -0.335. The van der Waals surface area contributed by atoms with Crippen molar-refractivity contribution in [2.24, 2.45) is 0 Å². The van der Waals surface area contributed by atoms with Gasteiger partial charge in [-0.15, -0.1) is 0 Å². The molecule has 2 aliphatic heterocycles. The predicted octanol–water partition coefficient (Wildman–Crippen LogP) is 8.05. The number of fused-ring (bicyclic) bond motifs is 2. The Kier molecular flexibility index (Phi) is 10.8. The number of nitrogens with zero attached hydrogens (tertiary/aromatic N) is 5. The molecule has 8 nitrogen and oxygen atoms in total. The van der Waals surface area contributed by atoms with E-state index in [4.69, 9.17) is 11.6 Å². The fourth-order valence-electron chi connectivity index (χ4n) is 8.98. The van der Waals surface area contributed by atoms with Gasteiger partial charge in [-0.1, -0.05) is 43.4 Å². The van der Waals surface area contributed by atoms with Crippen LogP contribution in [0.15, 0.2) is 79.1 Å². The number of benzene rings is 3. The Bertz CT molecular complexity index is 2050. The number of hydrogen-bond acceptors (Lipinski definition) is 4. The van der Waals surface area contributed by atoms with Crippen molar-refractivity contribution in [3.8, 4) is 0 Å². The third kappa shape index (κ3) is 8.03. The molecule has 5 aromatic rings. The number of aromatic amines is 1. The first-order valence-electron chi connectivity index (χ1n) is 19.6. The summed E-state index contributed by atoms with van der Waals surface area (Å²) in [5.41, 5.74) is 4.52. The average Bonchev–Trinajstić information content (AvgIpc) is 4.04. The molecule has 0 unspecified atom stereocenters. The van der Waals surface area contributed by atoms with Crippen LogP contribution in [0, 0.1) is 5.82 Å². The molecule has 10 heteroatoms. The molecule has 4 aliphatic rings. The van der Waals surface area contributed by atoms with E-state index in [9.17, 15) is 14.0 Å². The summed E-state index contributed by atoms with van der Waals surface area (Å²) < 4.78 is 15.4. The first-order chi connectivity index (χ1) is 25.9. The standard InChI is InChI=1S/C25H27ClFN3O.C18H23N3O/c26-23-16-21(27)7-5-20(23)17-30-10-9-18-15-19(6-8-24(18)30)25(31)29-13-11-28(12-14-29)22-3-1-2-4-22;22-18(15-5-6-17-14(13-15)7-8-19-17)21-11-9-20(10-12-21)16-3-1-2-4-16/h5-10,15-16,22H,1-4,11-14,17H2;5-8,13,16,19H,1-4,9-12H2. The lowest BCUT2D eigenvalue weighted by Crippen LogP contribution is -2.51. The molecular formula is C43H50ClFN6O2. The summed E-state index contributed by atoms with van der Waals surface area (Å²) in [4.78, 5) is 38.1. The third-order valence-corrected chi connectivity index (χ3v) is 12.4. The molecule has 53 heavy (non-hydrogen) atoms. The van der Waals surface area contributed by atoms with Gasteiger partial charge in [0.25, 0.3) is 11.8 Å². The number of nitrogens with one attached hydrogen (secondary N) is 1. The molecule has 4 heterocycles. The number of H-pyrrole nitrogens is 1. The summed E-state index contributed by atoms with van der Waals surface area (Å²) in [6.45, 7) is 7.90. The van der Waals surface area contributed by atoms with E-state index in [1.807, 2.05) is 70.7 Å². The maximum absolute atomic E-state index is 13.3. The SMILES string of the molecule is O=C(c1ccc2[nH]ccc2c1)N1CCN(C2CCCC2)CC1.O=C(c1ccc2c(ccn2Cc2ccc(F)cc2Cl)c1)N1CCN(C2CCCC2)CC1. The number of hydrogen-bond donors (Lipinski definition) is 1. The molecule has 9 rings (SSSR count). The van der Waals surface area contributed by atoms with Crippen molar-refractivity contribution in [3.63, 3.8) is 0 Å². The monoisotopic (exact) mass is 736 g/mol. The first-order valence-corrected chi connectivity index (χ1v) is 19.9. The first kappa shape index (κ1) is 35.8. The fraction of sp³-hybridized carbons (Fsp3) is 0.442. The van der Waals surface area contributed by atoms with Crippen LogP contribution in [0.5, 0.6) is 0 Å². The van der Waals surface area contributed by atoms with E-state index in [0.29, 0.717) is 11.6 Å². The van der Waals surface area contributed by atoms with Gasteiger partial charge in [0, 0.05) is 121 Å². The molecular weight excluding hydrogens is 687 g/mol. The second-order valence-corrected chi connectivity index (χ2v) is 15.7. The molecule has 2 amide bonds. The highest BCUT2D eigenvalue weighted by molar-refractivity contribution is 6.31. The topological polar surface area (TPSA) is 67.8 Å². The van der Waals surface area contributed by atoms with Crippen molar-refractivity contribution in [3.05, 3.63) is 107 Å². The van der Waals surface area contributed by atoms with Gasteiger partial charge < -0.3 is 19.4 Å². The van der Waals surface area contributed by atoms with Crippen LogP contribution >= 0.6 is 11.6 Å². The maximum atomic E-state index is 13.3. The number of carbonyl (C=O) groups is 2. The smallest absolute Gasteiger partial charge is 0.253 e. The van der Waals surface area contributed by atoms with Crippen LogP contribution < -0.4 is 0 Å². The lowest BCUT2D eigenvalue weighted by Gasteiger charge is -2.38. The van der Waals surface area contributed by atoms with E-state index in [1.165, 1.54) is 63.5 Å². The highest BCUT2D eigenvalue weighted by Gasteiger charge is 2.30. The Labute approximate surface area is 316 Å². The number of aromatic nitrogens is 2. The second kappa shape index (κ2) is 16.0. The predicted molar refractivity (Wildman–Crippen MR) is 210 cm³/mol. The van der Waals surface area contributed by atoms with Gasteiger partial charge in [0.15, 0.2) is 0 Å². The largest absolute Gasteiger partial charge is 0.361 e. The second-order valence-electron chi connectivity index (χ2n) is 15.3. The molecule has 0 bridgehead atoms. The number of amides is 2. The zero-order valence-corrected chi connectivity index (χ0v) is 31.2. The van der Waals surface area contributed by atoms with E-state index in [1.54, 1.807) is 6.07 Å². The van der Waals surface area contributed by atoms with Crippen LogP contribution in [0.1, 0.15) is 77.6 Å². The highest BCUT2D eigenvalue weighted by atomic mass is 35.5. The lowest BCUT2D eigenvalue weighted by atomic mass is 10.1. The summed E-state index contributed by atoms with van der Waals surface area (Å²) >= 11 is 6.20. The number of carbonyl (C=O) groups excluding carboxylic acids is 2. The molecule has 2 saturated carbocycles. The highest BCUT2D eigenvalue weighted by Crippen LogP contribution is 2.27. The van der Waals surface area contributed by atoms with E-state index < -0.39 is 0 Å². The zero-order chi connectivity index (χ0) is 36.3. The van der Waals surface area contributed by atoms with Gasteiger partial charge in [0.1, 0.15) is 5.82 Å². The van der Waals surface area contributed by atoms with Gasteiger partial charge in [-0.05, 0) is 91.9 Å². The van der Waals surface area contributed by atoms with Crippen molar-refractivity contribution < 1.29 is 14.0 Å². The summed E-state index contributed by atoms with van der Waals surface area (Å²) in [6.07, 6.45) is 14.7. The molecule has 0 radical (unpaired) electrons. The zero-order valence-electron chi connectivity index (χ0n) is 30.5. The van der Waals surface area contributed by atoms with Crippen LogP contribution in [-0.2, 0) is 6.54 Å². The maximum Gasteiger partial charge on any atom is 0.253 e.